The van der Waals surface area contributed by atoms with Gasteiger partial charge in [-0.3, -0.25) is 4.79 Å². The lowest BCUT2D eigenvalue weighted by molar-refractivity contribution is -0.209. The largest absolute Gasteiger partial charge is 0.393 e. The summed E-state index contributed by atoms with van der Waals surface area (Å²) in [6.07, 6.45) is 12.4. The van der Waals surface area contributed by atoms with Gasteiger partial charge in [0.15, 0.2) is 0 Å². The second-order valence-corrected chi connectivity index (χ2v) is 14.0. The summed E-state index contributed by atoms with van der Waals surface area (Å²) in [5.41, 5.74) is 0.762. The second kappa shape index (κ2) is 8.19. The number of Topliss-reactive ketones (excluding diaryl/α,β-unsaturated/α-hetero) is 1. The molecule has 33 heavy (non-hydrogen) atoms. The molecule has 0 heterocycles. The molecule has 0 aromatic carbocycles. The fraction of sp³-hybridized carbons (Fsp3) is 0.900. The van der Waals surface area contributed by atoms with Gasteiger partial charge < -0.3 is 10.2 Å². The van der Waals surface area contributed by atoms with Crippen LogP contribution < -0.4 is 0 Å². The number of hydrogen-bond donors (Lipinski definition) is 2. The standard InChI is InChI=1S/C30H50O3/c1-20(2)9-8-15-30(33,19-31)22-12-17-28(6)21(22)10-11-24-27(5)16-14-25(32)26(3,4)23(27)13-18-29(24,28)7/h9,21-24,31,33H,8,10-19H2,1-7H3/t21-,22+,23-,24-,27+,28-,29-,30-/m1/s1. The van der Waals surface area contributed by atoms with Crippen molar-refractivity contribution < 1.29 is 15.0 Å². The minimum absolute atomic E-state index is 0.128. The van der Waals surface area contributed by atoms with E-state index in [-0.39, 0.29) is 34.2 Å². The van der Waals surface area contributed by atoms with Gasteiger partial charge in [-0.05, 0) is 112 Å². The lowest BCUT2D eigenvalue weighted by Gasteiger charge is -2.69. The predicted molar refractivity (Wildman–Crippen MR) is 135 cm³/mol. The summed E-state index contributed by atoms with van der Waals surface area (Å²) in [5.74, 6) is 2.26. The Morgan fingerprint density at radius 3 is 2.27 bits per heavy atom. The fourth-order valence-electron chi connectivity index (χ4n) is 10.2. The molecule has 0 saturated heterocycles. The number of carbonyl (C=O) groups is 1. The molecular weight excluding hydrogens is 408 g/mol. The van der Waals surface area contributed by atoms with Crippen LogP contribution in [0.1, 0.15) is 113 Å². The Balaban J connectivity index is 1.64. The topological polar surface area (TPSA) is 57.5 Å². The van der Waals surface area contributed by atoms with Gasteiger partial charge in [-0.2, -0.15) is 0 Å². The Kier molecular flexibility index (Phi) is 6.31. The van der Waals surface area contributed by atoms with E-state index in [1.54, 1.807) is 0 Å². The summed E-state index contributed by atoms with van der Waals surface area (Å²) in [4.78, 5) is 12.9. The van der Waals surface area contributed by atoms with Gasteiger partial charge in [-0.15, -0.1) is 0 Å². The van der Waals surface area contributed by atoms with E-state index in [1.807, 2.05) is 0 Å². The van der Waals surface area contributed by atoms with Crippen molar-refractivity contribution in [1.29, 1.82) is 0 Å². The Morgan fingerprint density at radius 2 is 1.64 bits per heavy atom. The Bertz CT molecular complexity index is 809. The van der Waals surface area contributed by atoms with Crippen LogP contribution in [0, 0.1) is 45.3 Å². The van der Waals surface area contributed by atoms with E-state index < -0.39 is 5.60 Å². The van der Waals surface area contributed by atoms with E-state index in [1.165, 1.54) is 18.4 Å². The molecule has 0 amide bonds. The number of hydrogen-bond acceptors (Lipinski definition) is 3. The van der Waals surface area contributed by atoms with Gasteiger partial charge in [0, 0.05) is 11.8 Å². The highest BCUT2D eigenvalue weighted by Crippen LogP contribution is 2.75. The van der Waals surface area contributed by atoms with Crippen molar-refractivity contribution in [2.45, 2.75) is 118 Å². The molecule has 4 aliphatic rings. The SMILES string of the molecule is CC(C)=CCC[C@@](O)(CO)[C@H]1CC[C@]2(C)[C@@H]1CC[C@@H]1[C@@]3(C)CCC(=O)C(C)(C)[C@H]3CC[C@]12C. The Labute approximate surface area is 202 Å². The summed E-state index contributed by atoms with van der Waals surface area (Å²) < 4.78 is 0. The molecule has 4 rings (SSSR count). The van der Waals surface area contributed by atoms with Crippen molar-refractivity contribution in [3.63, 3.8) is 0 Å². The third kappa shape index (κ3) is 3.53. The van der Waals surface area contributed by atoms with Gasteiger partial charge in [0.25, 0.3) is 0 Å². The third-order valence-electron chi connectivity index (χ3n) is 12.2. The molecule has 0 aliphatic heterocycles. The average Bonchev–Trinajstić information content (AvgIpc) is 3.10. The molecule has 0 bridgehead atoms. The van der Waals surface area contributed by atoms with Crippen LogP contribution >= 0.6 is 0 Å². The van der Waals surface area contributed by atoms with E-state index in [9.17, 15) is 15.0 Å². The summed E-state index contributed by atoms with van der Waals surface area (Å²) in [5, 5.41) is 22.0. The van der Waals surface area contributed by atoms with Gasteiger partial charge in [0.05, 0.1) is 12.2 Å². The van der Waals surface area contributed by atoms with E-state index in [0.29, 0.717) is 30.0 Å². The van der Waals surface area contributed by atoms with Gasteiger partial charge in [0.1, 0.15) is 5.78 Å². The molecule has 0 aromatic heterocycles. The van der Waals surface area contributed by atoms with Crippen LogP contribution in [0.3, 0.4) is 0 Å². The smallest absolute Gasteiger partial charge is 0.138 e. The zero-order chi connectivity index (χ0) is 24.4. The van der Waals surface area contributed by atoms with Gasteiger partial charge in [-0.1, -0.05) is 46.3 Å². The van der Waals surface area contributed by atoms with Crippen LogP contribution in [-0.4, -0.2) is 28.2 Å². The van der Waals surface area contributed by atoms with Crippen molar-refractivity contribution in [3.8, 4) is 0 Å². The number of aliphatic hydroxyl groups excluding tert-OH is 1. The first-order valence-electron chi connectivity index (χ1n) is 13.8. The number of rotatable bonds is 5. The van der Waals surface area contributed by atoms with Crippen molar-refractivity contribution in [3.05, 3.63) is 11.6 Å². The van der Waals surface area contributed by atoms with E-state index in [4.69, 9.17) is 0 Å². The number of carbonyl (C=O) groups excluding carboxylic acids is 1. The highest BCUT2D eigenvalue weighted by Gasteiger charge is 2.69. The first-order valence-corrected chi connectivity index (χ1v) is 13.8. The highest BCUT2D eigenvalue weighted by atomic mass is 16.3. The zero-order valence-corrected chi connectivity index (χ0v) is 22.5. The highest BCUT2D eigenvalue weighted by molar-refractivity contribution is 5.85. The first kappa shape index (κ1) is 25.4. The third-order valence-corrected chi connectivity index (χ3v) is 12.2. The van der Waals surface area contributed by atoms with Crippen LogP contribution in [0.25, 0.3) is 0 Å². The monoisotopic (exact) mass is 458 g/mol. The van der Waals surface area contributed by atoms with Gasteiger partial charge in [0.2, 0.25) is 0 Å². The van der Waals surface area contributed by atoms with Crippen molar-refractivity contribution in [2.75, 3.05) is 6.61 Å². The van der Waals surface area contributed by atoms with Gasteiger partial charge >= 0.3 is 0 Å². The van der Waals surface area contributed by atoms with Crippen molar-refractivity contribution in [2.24, 2.45) is 45.3 Å². The number of aliphatic hydroxyl groups is 2. The summed E-state index contributed by atoms with van der Waals surface area (Å²) in [6, 6.07) is 0. The Morgan fingerprint density at radius 1 is 0.970 bits per heavy atom. The predicted octanol–water partition coefficient (Wildman–Crippen LogP) is 6.71. The van der Waals surface area contributed by atoms with E-state index in [2.05, 4.69) is 54.5 Å². The molecule has 3 heteroatoms. The summed E-state index contributed by atoms with van der Waals surface area (Å²) in [7, 11) is 0. The number of fused-ring (bicyclic) bond motifs is 5. The second-order valence-electron chi connectivity index (χ2n) is 14.0. The van der Waals surface area contributed by atoms with Gasteiger partial charge in [-0.25, -0.2) is 0 Å². The molecule has 0 spiro atoms. The van der Waals surface area contributed by atoms with Crippen molar-refractivity contribution >= 4 is 5.78 Å². The molecule has 0 aromatic rings. The fourth-order valence-corrected chi connectivity index (χ4v) is 10.2. The maximum Gasteiger partial charge on any atom is 0.138 e. The molecular formula is C30H50O3. The molecule has 4 saturated carbocycles. The van der Waals surface area contributed by atoms with Crippen LogP contribution in [0.15, 0.2) is 11.6 Å². The zero-order valence-electron chi connectivity index (χ0n) is 22.5. The quantitative estimate of drug-likeness (QED) is 0.450. The minimum Gasteiger partial charge on any atom is -0.393 e. The van der Waals surface area contributed by atoms with E-state index >= 15 is 0 Å². The van der Waals surface area contributed by atoms with Crippen LogP contribution in [0.2, 0.25) is 0 Å². The lowest BCUT2D eigenvalue weighted by atomic mass is 9.35. The molecule has 188 valence electrons. The molecule has 3 nitrogen and oxygen atoms in total. The normalized spacial score (nSPS) is 46.0. The van der Waals surface area contributed by atoms with Crippen LogP contribution in [0.5, 0.6) is 0 Å². The first-order chi connectivity index (χ1) is 15.3. The molecule has 0 radical (unpaired) electrons. The number of ketones is 1. The van der Waals surface area contributed by atoms with Crippen molar-refractivity contribution in [1.82, 2.24) is 0 Å². The Hall–Kier alpha value is -0.670. The average molecular weight is 459 g/mol. The molecule has 2 N–H and O–H groups in total. The molecule has 4 fully saturated rings. The lowest BCUT2D eigenvalue weighted by Crippen LogP contribution is -2.63. The number of allylic oxidation sites excluding steroid dienone is 2. The minimum atomic E-state index is -0.974. The molecule has 4 aliphatic carbocycles. The van der Waals surface area contributed by atoms with E-state index in [0.717, 1.165) is 44.9 Å². The summed E-state index contributed by atoms with van der Waals surface area (Å²) >= 11 is 0. The summed E-state index contributed by atoms with van der Waals surface area (Å²) in [6.45, 7) is 16.1. The van der Waals surface area contributed by atoms with Crippen LogP contribution in [0.4, 0.5) is 0 Å². The maximum atomic E-state index is 12.9. The maximum absolute atomic E-state index is 12.9. The van der Waals surface area contributed by atoms with Crippen LogP contribution in [-0.2, 0) is 4.79 Å². The molecule has 0 unspecified atom stereocenters. The molecule has 8 atom stereocenters.